The predicted molar refractivity (Wildman–Crippen MR) is 72.8 cm³/mol. The van der Waals surface area contributed by atoms with Crippen LogP contribution in [0, 0.1) is 0 Å². The molecule has 1 atom stereocenters. The highest BCUT2D eigenvalue weighted by Gasteiger charge is 2.12. The molecule has 0 radical (unpaired) electrons. The Morgan fingerprint density at radius 3 is 2.55 bits per heavy atom. The first-order valence-corrected chi connectivity index (χ1v) is 6.39. The molecule has 0 bridgehead atoms. The molecular weight excluding hydrogens is 268 g/mol. The minimum Gasteiger partial charge on any atom is -0.497 e. The van der Waals surface area contributed by atoms with Crippen molar-refractivity contribution in [3.63, 3.8) is 0 Å². The van der Waals surface area contributed by atoms with Gasteiger partial charge in [0.15, 0.2) is 0 Å². The Kier molecular flexibility index (Phi) is 7.25. The van der Waals surface area contributed by atoms with Gasteiger partial charge >= 0.3 is 0 Å². The summed E-state index contributed by atoms with van der Waals surface area (Å²) in [6.07, 6.45) is -2.43. The number of hydrogen-bond acceptors (Lipinski definition) is 4. The molecule has 0 saturated heterocycles. The van der Waals surface area contributed by atoms with Crippen LogP contribution in [0.4, 0.5) is 8.78 Å². The van der Waals surface area contributed by atoms with Crippen LogP contribution < -0.4 is 14.8 Å². The van der Waals surface area contributed by atoms with E-state index in [1.54, 1.807) is 14.2 Å². The van der Waals surface area contributed by atoms with E-state index >= 15 is 0 Å². The fourth-order valence-corrected chi connectivity index (χ4v) is 1.81. The lowest BCUT2D eigenvalue weighted by atomic mass is 10.1. The van der Waals surface area contributed by atoms with Crippen molar-refractivity contribution in [3.8, 4) is 11.5 Å². The molecule has 0 aliphatic rings. The molecular formula is C14H21F2NO3. The fraction of sp³-hybridized carbons (Fsp3) is 0.571. The Morgan fingerprint density at radius 1 is 1.20 bits per heavy atom. The lowest BCUT2D eigenvalue weighted by Gasteiger charge is -2.18. The number of alkyl halides is 2. The average Bonchev–Trinajstić information content (AvgIpc) is 2.45. The van der Waals surface area contributed by atoms with Crippen LogP contribution in [0.1, 0.15) is 18.5 Å². The van der Waals surface area contributed by atoms with Crippen LogP contribution in [0.15, 0.2) is 18.2 Å². The van der Waals surface area contributed by atoms with Crippen molar-refractivity contribution in [1.82, 2.24) is 5.32 Å². The van der Waals surface area contributed by atoms with Gasteiger partial charge in [0.2, 0.25) is 0 Å². The van der Waals surface area contributed by atoms with E-state index in [-0.39, 0.29) is 12.6 Å². The Morgan fingerprint density at radius 2 is 1.95 bits per heavy atom. The maximum absolute atomic E-state index is 11.9. The molecule has 114 valence electrons. The van der Waals surface area contributed by atoms with Crippen molar-refractivity contribution in [1.29, 1.82) is 0 Å². The van der Waals surface area contributed by atoms with E-state index in [0.717, 1.165) is 17.1 Å². The zero-order valence-corrected chi connectivity index (χ0v) is 12.0. The monoisotopic (exact) mass is 289 g/mol. The number of benzene rings is 1. The van der Waals surface area contributed by atoms with E-state index < -0.39 is 13.0 Å². The van der Waals surface area contributed by atoms with E-state index in [1.807, 2.05) is 25.1 Å². The van der Waals surface area contributed by atoms with Gasteiger partial charge in [0.25, 0.3) is 6.43 Å². The van der Waals surface area contributed by atoms with Crippen LogP contribution in [0.2, 0.25) is 0 Å². The minimum absolute atomic E-state index is 0.00444. The predicted octanol–water partition coefficient (Wildman–Crippen LogP) is 2.64. The summed E-state index contributed by atoms with van der Waals surface area (Å²) >= 11 is 0. The first-order valence-electron chi connectivity index (χ1n) is 6.39. The molecule has 0 aliphatic heterocycles. The summed E-state index contributed by atoms with van der Waals surface area (Å²) in [5.41, 5.74) is 0.945. The summed E-state index contributed by atoms with van der Waals surface area (Å²) in [7, 11) is 3.20. The SMILES string of the molecule is COc1ccc(OC)c(C(C)NCCOCC(F)F)c1. The van der Waals surface area contributed by atoms with Gasteiger partial charge in [-0.3, -0.25) is 0 Å². The number of methoxy groups -OCH3 is 2. The second-order valence-electron chi connectivity index (χ2n) is 4.25. The third kappa shape index (κ3) is 5.30. The van der Waals surface area contributed by atoms with Crippen LogP contribution in [-0.2, 0) is 4.74 Å². The van der Waals surface area contributed by atoms with Crippen molar-refractivity contribution in [2.24, 2.45) is 0 Å². The van der Waals surface area contributed by atoms with Gasteiger partial charge in [-0.15, -0.1) is 0 Å². The Labute approximate surface area is 118 Å². The van der Waals surface area contributed by atoms with Crippen molar-refractivity contribution in [3.05, 3.63) is 23.8 Å². The molecule has 1 unspecified atom stereocenters. The van der Waals surface area contributed by atoms with Crippen molar-refractivity contribution in [2.75, 3.05) is 34.0 Å². The van der Waals surface area contributed by atoms with Gasteiger partial charge in [0, 0.05) is 18.2 Å². The molecule has 0 aliphatic carbocycles. The molecule has 20 heavy (non-hydrogen) atoms. The van der Waals surface area contributed by atoms with E-state index in [9.17, 15) is 8.78 Å². The van der Waals surface area contributed by atoms with Crippen LogP contribution in [0.5, 0.6) is 11.5 Å². The first kappa shape index (κ1) is 16.7. The molecule has 1 rings (SSSR count). The van der Waals surface area contributed by atoms with Crippen molar-refractivity contribution in [2.45, 2.75) is 19.4 Å². The van der Waals surface area contributed by atoms with Crippen molar-refractivity contribution >= 4 is 0 Å². The molecule has 0 fully saturated rings. The highest BCUT2D eigenvalue weighted by molar-refractivity contribution is 5.42. The summed E-state index contributed by atoms with van der Waals surface area (Å²) in [5.74, 6) is 1.49. The molecule has 0 heterocycles. The maximum Gasteiger partial charge on any atom is 0.261 e. The van der Waals surface area contributed by atoms with Gasteiger partial charge in [-0.1, -0.05) is 0 Å². The second-order valence-corrected chi connectivity index (χ2v) is 4.25. The van der Waals surface area contributed by atoms with Crippen LogP contribution in [-0.4, -0.2) is 40.4 Å². The normalized spacial score (nSPS) is 12.5. The molecule has 0 spiro atoms. The molecule has 0 aromatic heterocycles. The molecule has 0 amide bonds. The van der Waals surface area contributed by atoms with E-state index in [0.29, 0.717) is 6.54 Å². The minimum atomic E-state index is -2.43. The second kappa shape index (κ2) is 8.71. The third-order valence-electron chi connectivity index (χ3n) is 2.84. The van der Waals surface area contributed by atoms with E-state index in [2.05, 4.69) is 5.32 Å². The highest BCUT2D eigenvalue weighted by atomic mass is 19.3. The molecule has 1 aromatic carbocycles. The van der Waals surface area contributed by atoms with E-state index in [1.165, 1.54) is 0 Å². The molecule has 6 heteroatoms. The molecule has 0 saturated carbocycles. The summed E-state index contributed by atoms with van der Waals surface area (Å²) in [6.45, 7) is 2.15. The van der Waals surface area contributed by atoms with Gasteiger partial charge in [0.05, 0.1) is 20.8 Å². The van der Waals surface area contributed by atoms with E-state index in [4.69, 9.17) is 14.2 Å². The molecule has 1 N–H and O–H groups in total. The zero-order chi connectivity index (χ0) is 15.0. The third-order valence-corrected chi connectivity index (χ3v) is 2.84. The molecule has 1 aromatic rings. The van der Waals surface area contributed by atoms with Crippen LogP contribution >= 0.6 is 0 Å². The number of nitrogens with one attached hydrogen (secondary N) is 1. The van der Waals surface area contributed by atoms with Gasteiger partial charge in [-0.25, -0.2) is 8.78 Å². The molecule has 4 nitrogen and oxygen atoms in total. The summed E-state index contributed by atoms with van der Waals surface area (Å²) < 4.78 is 39.1. The standard InChI is InChI=1S/C14H21F2NO3/c1-10(17-6-7-20-9-14(15)16)12-8-11(18-2)4-5-13(12)19-3/h4-5,8,10,14,17H,6-7,9H2,1-3H3. The van der Waals surface area contributed by atoms with Gasteiger partial charge in [0.1, 0.15) is 18.1 Å². The Bertz CT molecular complexity index is 402. The van der Waals surface area contributed by atoms with Gasteiger partial charge < -0.3 is 19.5 Å². The Balaban J connectivity index is 2.51. The first-order chi connectivity index (χ1) is 9.58. The topological polar surface area (TPSA) is 39.7 Å². The smallest absolute Gasteiger partial charge is 0.261 e. The number of ether oxygens (including phenoxy) is 3. The lowest BCUT2D eigenvalue weighted by molar-refractivity contribution is 0.0183. The van der Waals surface area contributed by atoms with Gasteiger partial charge in [-0.05, 0) is 25.1 Å². The maximum atomic E-state index is 11.9. The average molecular weight is 289 g/mol. The number of hydrogen-bond donors (Lipinski definition) is 1. The number of halogens is 2. The highest BCUT2D eigenvalue weighted by Crippen LogP contribution is 2.28. The zero-order valence-electron chi connectivity index (χ0n) is 12.0. The summed E-state index contributed by atoms with van der Waals surface area (Å²) in [6, 6.07) is 5.53. The van der Waals surface area contributed by atoms with Gasteiger partial charge in [-0.2, -0.15) is 0 Å². The van der Waals surface area contributed by atoms with Crippen molar-refractivity contribution < 1.29 is 23.0 Å². The summed E-state index contributed by atoms with van der Waals surface area (Å²) in [5, 5.41) is 3.19. The fourth-order valence-electron chi connectivity index (χ4n) is 1.81. The summed E-state index contributed by atoms with van der Waals surface area (Å²) in [4.78, 5) is 0. The van der Waals surface area contributed by atoms with Crippen LogP contribution in [0.3, 0.4) is 0 Å². The largest absolute Gasteiger partial charge is 0.497 e. The quantitative estimate of drug-likeness (QED) is 0.709. The number of rotatable bonds is 9. The van der Waals surface area contributed by atoms with Crippen LogP contribution in [0.25, 0.3) is 0 Å². The lowest BCUT2D eigenvalue weighted by Crippen LogP contribution is -2.24. The Hall–Kier alpha value is -1.40.